The Morgan fingerprint density at radius 3 is 1.89 bits per heavy atom. The number of aliphatic carboxylic acids is 2. The minimum absolute atomic E-state index is 0.0294. The topological polar surface area (TPSA) is 234 Å². The molecule has 0 spiro atoms. The van der Waals surface area contributed by atoms with E-state index in [-0.39, 0.29) is 19.3 Å². The van der Waals surface area contributed by atoms with E-state index in [0.717, 1.165) is 0 Å². The maximum atomic E-state index is 12.9. The molecule has 0 aliphatic carbocycles. The number of nitrogens with one attached hydrogen (secondary N) is 3. The Balaban J connectivity index is 3.01. The van der Waals surface area contributed by atoms with Gasteiger partial charge in [0.15, 0.2) is 0 Å². The molecule has 1 rings (SSSR count). The molecule has 0 heterocycles. The largest absolute Gasteiger partial charge is 0.481 e. The molecule has 10 N–H and O–H groups in total. The van der Waals surface area contributed by atoms with Gasteiger partial charge in [-0.2, -0.15) is 0 Å². The first-order valence-corrected chi connectivity index (χ1v) is 11.5. The van der Waals surface area contributed by atoms with Crippen molar-refractivity contribution >= 4 is 29.7 Å². The monoisotopic (exact) mass is 509 g/mol. The molecule has 13 heteroatoms. The van der Waals surface area contributed by atoms with Crippen LogP contribution in [0.4, 0.5) is 0 Å². The Bertz CT molecular complexity index is 883. The highest BCUT2D eigenvalue weighted by atomic mass is 16.4. The number of hydrogen-bond donors (Lipinski definition) is 8. The van der Waals surface area contributed by atoms with Crippen LogP contribution >= 0.6 is 0 Å². The van der Waals surface area contributed by atoms with Gasteiger partial charge >= 0.3 is 11.9 Å². The number of nitrogens with two attached hydrogens (primary N) is 2. The number of carbonyl (C=O) groups is 5. The van der Waals surface area contributed by atoms with Crippen molar-refractivity contribution in [3.8, 4) is 0 Å². The molecule has 0 saturated heterocycles. The summed E-state index contributed by atoms with van der Waals surface area (Å²) in [5.74, 6) is -4.98. The molecule has 1 aromatic carbocycles. The van der Waals surface area contributed by atoms with Crippen LogP contribution in [0.3, 0.4) is 0 Å². The van der Waals surface area contributed by atoms with Gasteiger partial charge in [0, 0.05) is 12.8 Å². The number of carbonyl (C=O) groups excluding carboxylic acids is 3. The van der Waals surface area contributed by atoms with Crippen molar-refractivity contribution < 1.29 is 39.3 Å². The summed E-state index contributed by atoms with van der Waals surface area (Å²) in [4.78, 5) is 60.8. The zero-order chi connectivity index (χ0) is 27.1. The number of amides is 3. The summed E-state index contributed by atoms with van der Waals surface area (Å²) in [6.07, 6.45) is 0.324. The maximum absolute atomic E-state index is 12.9. The molecule has 0 aliphatic rings. The summed E-state index contributed by atoms with van der Waals surface area (Å²) >= 11 is 0. The second-order valence-electron chi connectivity index (χ2n) is 8.22. The molecule has 36 heavy (non-hydrogen) atoms. The van der Waals surface area contributed by atoms with Crippen LogP contribution in [-0.2, 0) is 30.4 Å². The van der Waals surface area contributed by atoms with E-state index in [1.54, 1.807) is 30.3 Å². The van der Waals surface area contributed by atoms with Gasteiger partial charge in [0.1, 0.15) is 24.2 Å². The number of carboxylic acids is 2. The molecule has 4 atom stereocenters. The average Bonchev–Trinajstić information content (AvgIpc) is 2.85. The van der Waals surface area contributed by atoms with Crippen LogP contribution in [0.25, 0.3) is 0 Å². The van der Waals surface area contributed by atoms with Crippen LogP contribution in [0.1, 0.15) is 37.7 Å². The van der Waals surface area contributed by atoms with Crippen LogP contribution in [-0.4, -0.2) is 82.3 Å². The van der Waals surface area contributed by atoms with E-state index in [9.17, 15) is 29.1 Å². The highest BCUT2D eigenvalue weighted by Gasteiger charge is 2.30. The van der Waals surface area contributed by atoms with E-state index in [2.05, 4.69) is 16.0 Å². The van der Waals surface area contributed by atoms with E-state index in [1.807, 2.05) is 0 Å². The third-order valence-electron chi connectivity index (χ3n) is 5.29. The molecule has 13 nitrogen and oxygen atoms in total. The van der Waals surface area contributed by atoms with Gasteiger partial charge in [0.05, 0.1) is 6.61 Å². The smallest absolute Gasteiger partial charge is 0.326 e. The molecule has 0 aromatic heterocycles. The van der Waals surface area contributed by atoms with Crippen LogP contribution in [0.2, 0.25) is 0 Å². The van der Waals surface area contributed by atoms with E-state index in [0.29, 0.717) is 24.9 Å². The molecule has 0 radical (unpaired) electrons. The van der Waals surface area contributed by atoms with Crippen molar-refractivity contribution in [2.45, 2.75) is 62.7 Å². The van der Waals surface area contributed by atoms with Crippen LogP contribution < -0.4 is 27.4 Å². The SMILES string of the molecule is NCCCCC(NC(=O)C(N)CO)C(=O)NC(CCC(=O)O)C(=O)NC(Cc1ccccc1)C(=O)O. The third-order valence-corrected chi connectivity index (χ3v) is 5.29. The lowest BCUT2D eigenvalue weighted by Gasteiger charge is -2.25. The predicted molar refractivity (Wildman–Crippen MR) is 128 cm³/mol. The van der Waals surface area contributed by atoms with Gasteiger partial charge in [-0.05, 0) is 37.8 Å². The van der Waals surface area contributed by atoms with Crippen molar-refractivity contribution in [2.24, 2.45) is 11.5 Å². The van der Waals surface area contributed by atoms with Crippen LogP contribution in [0.15, 0.2) is 30.3 Å². The highest BCUT2D eigenvalue weighted by Crippen LogP contribution is 2.07. The molecular formula is C23H35N5O8. The fourth-order valence-electron chi connectivity index (χ4n) is 3.25. The van der Waals surface area contributed by atoms with Gasteiger partial charge in [-0.1, -0.05) is 30.3 Å². The summed E-state index contributed by atoms with van der Waals surface area (Å²) in [5, 5.41) is 34.9. The van der Waals surface area contributed by atoms with Gasteiger partial charge in [-0.25, -0.2) is 4.79 Å². The number of unbranched alkanes of at least 4 members (excludes halogenated alkanes) is 1. The van der Waals surface area contributed by atoms with Gasteiger partial charge < -0.3 is 42.7 Å². The Hall–Kier alpha value is -3.55. The molecule has 200 valence electrons. The van der Waals surface area contributed by atoms with Crippen molar-refractivity contribution in [3.05, 3.63) is 35.9 Å². The number of aliphatic hydroxyl groups is 1. The molecule has 4 unspecified atom stereocenters. The van der Waals surface area contributed by atoms with E-state index in [1.165, 1.54) is 0 Å². The first kappa shape index (κ1) is 30.5. The fraction of sp³-hybridized carbons (Fsp3) is 0.522. The summed E-state index contributed by atoms with van der Waals surface area (Å²) in [7, 11) is 0. The third kappa shape index (κ3) is 11.3. The maximum Gasteiger partial charge on any atom is 0.326 e. The lowest BCUT2D eigenvalue weighted by Crippen LogP contribution is -2.57. The molecule has 0 saturated carbocycles. The van der Waals surface area contributed by atoms with Crippen molar-refractivity contribution in [2.75, 3.05) is 13.2 Å². The zero-order valence-electron chi connectivity index (χ0n) is 19.9. The Labute approximate surface area is 208 Å². The van der Waals surface area contributed by atoms with Crippen molar-refractivity contribution in [3.63, 3.8) is 0 Å². The summed E-state index contributed by atoms with van der Waals surface area (Å²) in [6.45, 7) is -0.301. The number of rotatable bonds is 17. The molecule has 0 fully saturated rings. The minimum atomic E-state index is -1.38. The molecule has 1 aromatic rings. The van der Waals surface area contributed by atoms with E-state index < -0.39 is 66.9 Å². The number of benzene rings is 1. The second kappa shape index (κ2) is 16.2. The normalized spacial score (nSPS) is 14.1. The zero-order valence-corrected chi connectivity index (χ0v) is 19.9. The fourth-order valence-corrected chi connectivity index (χ4v) is 3.25. The standard InChI is InChI=1S/C23H35N5O8/c24-11-5-4-8-16(26-20(32)15(25)13-29)21(33)27-17(9-10-19(30)31)22(34)28-18(23(35)36)12-14-6-2-1-3-7-14/h1-3,6-7,15-18,29H,4-5,8-13,24-25H2,(H,26,32)(H,27,33)(H,28,34)(H,30,31)(H,35,36). The quantitative estimate of drug-likeness (QED) is 0.108. The van der Waals surface area contributed by atoms with Crippen LogP contribution in [0.5, 0.6) is 0 Å². The highest BCUT2D eigenvalue weighted by molar-refractivity contribution is 5.94. The molecule has 3 amide bonds. The van der Waals surface area contributed by atoms with E-state index in [4.69, 9.17) is 21.7 Å². The lowest BCUT2D eigenvalue weighted by molar-refractivity contribution is -0.143. The van der Waals surface area contributed by atoms with Gasteiger partial charge in [0.2, 0.25) is 17.7 Å². The Kier molecular flexibility index (Phi) is 13.7. The predicted octanol–water partition coefficient (Wildman–Crippen LogP) is -1.92. The van der Waals surface area contributed by atoms with E-state index >= 15 is 0 Å². The lowest BCUT2D eigenvalue weighted by atomic mass is 10.0. The van der Waals surface area contributed by atoms with Gasteiger partial charge in [-0.15, -0.1) is 0 Å². The van der Waals surface area contributed by atoms with Gasteiger partial charge in [-0.3, -0.25) is 19.2 Å². The van der Waals surface area contributed by atoms with Crippen molar-refractivity contribution in [1.82, 2.24) is 16.0 Å². The van der Waals surface area contributed by atoms with Gasteiger partial charge in [0.25, 0.3) is 0 Å². The van der Waals surface area contributed by atoms with Crippen molar-refractivity contribution in [1.29, 1.82) is 0 Å². The molecule has 0 aliphatic heterocycles. The summed E-state index contributed by atoms with van der Waals surface area (Å²) < 4.78 is 0. The second-order valence-corrected chi connectivity index (χ2v) is 8.22. The summed E-state index contributed by atoms with van der Waals surface area (Å²) in [6, 6.07) is 3.46. The first-order valence-electron chi connectivity index (χ1n) is 11.5. The number of carboxylic acid groups (broad SMARTS) is 2. The Morgan fingerprint density at radius 1 is 0.806 bits per heavy atom. The Morgan fingerprint density at radius 2 is 1.36 bits per heavy atom. The average molecular weight is 510 g/mol. The number of aliphatic hydroxyl groups excluding tert-OH is 1. The number of hydrogen-bond acceptors (Lipinski definition) is 8. The van der Waals surface area contributed by atoms with Crippen LogP contribution in [0, 0.1) is 0 Å². The molecule has 0 bridgehead atoms. The summed E-state index contributed by atoms with van der Waals surface area (Å²) in [5.41, 5.74) is 11.6. The minimum Gasteiger partial charge on any atom is -0.481 e. The molecular weight excluding hydrogens is 474 g/mol. The first-order chi connectivity index (χ1) is 17.1.